The molecule has 0 amide bonds. The fraction of sp³-hybridized carbons (Fsp3) is 0.786. The molecule has 0 aliphatic carbocycles. The molecular weight excluding hydrogens is 464 g/mol. The predicted octanol–water partition coefficient (Wildman–Crippen LogP) is 7.33. The van der Waals surface area contributed by atoms with Gasteiger partial charge in [-0.1, -0.05) is 103 Å². The summed E-state index contributed by atoms with van der Waals surface area (Å²) in [4.78, 5) is 0.0610. The number of ether oxygens (including phenoxy) is 2. The van der Waals surface area contributed by atoms with Crippen LogP contribution in [0, 0.1) is 0 Å². The molecule has 1 unspecified atom stereocenters. The summed E-state index contributed by atoms with van der Waals surface area (Å²) in [5, 5.41) is 9.04. The Morgan fingerprint density at radius 1 is 0.743 bits per heavy atom. The molecule has 0 saturated carbocycles. The molecule has 35 heavy (non-hydrogen) atoms. The van der Waals surface area contributed by atoms with Crippen molar-refractivity contribution in [3.8, 4) is 0 Å². The molecule has 206 valence electrons. The minimum Gasteiger partial charge on any atom is -0.381 e. The number of aryl methyl sites for hydroxylation is 1. The van der Waals surface area contributed by atoms with Gasteiger partial charge in [0.05, 0.1) is 11.5 Å². The first-order valence-electron chi connectivity index (χ1n) is 13.8. The zero-order valence-electron chi connectivity index (χ0n) is 22.6. The van der Waals surface area contributed by atoms with Gasteiger partial charge in [0.25, 0.3) is 10.1 Å². The summed E-state index contributed by atoms with van der Waals surface area (Å²) in [6.45, 7) is 8.43. The number of rotatable bonds is 21. The molecule has 1 rings (SSSR count). The van der Waals surface area contributed by atoms with Crippen LogP contribution in [-0.2, 0) is 26.0 Å². The van der Waals surface area contributed by atoms with Crippen LogP contribution in [-0.4, -0.2) is 44.2 Å². The zero-order valence-corrected chi connectivity index (χ0v) is 23.4. The molecular formula is C28H52O6S. The Morgan fingerprint density at radius 2 is 1.29 bits per heavy atom. The molecule has 0 saturated heterocycles. The molecule has 0 fully saturated rings. The van der Waals surface area contributed by atoms with Crippen LogP contribution < -0.4 is 0 Å². The Bertz CT molecular complexity index is 692. The van der Waals surface area contributed by atoms with Crippen LogP contribution in [0.4, 0.5) is 0 Å². The largest absolute Gasteiger partial charge is 0.381 e. The molecule has 0 spiro atoms. The van der Waals surface area contributed by atoms with Crippen molar-refractivity contribution in [2.24, 2.45) is 0 Å². The van der Waals surface area contributed by atoms with Gasteiger partial charge < -0.3 is 14.6 Å². The summed E-state index contributed by atoms with van der Waals surface area (Å²) in [6.07, 6.45) is 16.5. The van der Waals surface area contributed by atoms with Crippen LogP contribution in [0.2, 0.25) is 0 Å². The summed E-state index contributed by atoms with van der Waals surface area (Å²) < 4.78 is 42.2. The molecule has 2 N–H and O–H groups in total. The number of hydrogen-bond acceptors (Lipinski definition) is 5. The van der Waals surface area contributed by atoms with E-state index in [1.165, 1.54) is 63.9 Å². The quantitative estimate of drug-likeness (QED) is 0.101. The molecule has 1 aromatic rings. The van der Waals surface area contributed by atoms with Crippen LogP contribution in [0.5, 0.6) is 0 Å². The average Bonchev–Trinajstić information content (AvgIpc) is 2.84. The Labute approximate surface area is 215 Å². The summed E-state index contributed by atoms with van der Waals surface area (Å²) in [6, 6.07) is 6.73. The Balaban J connectivity index is 0.000000761. The van der Waals surface area contributed by atoms with Gasteiger partial charge in [-0.05, 0) is 43.7 Å². The number of benzene rings is 1. The standard InChI is InChI=1S/C18H30O3S.C10H22O3/c1-2-3-4-5-6-7-8-9-10-11-14-17-15-12-13-16-18(17)22(19,20)21;1-3-5-7-12-8-6-9-13-10(11)4-2/h12-13,15-16H,2-11,14H2,1H3,(H,19,20,21);10-11H,3-9H2,1-2H3. The SMILES string of the molecule is CCCCCCCCCCCCc1ccccc1S(=O)(=O)O.CCCCOCCCOC(O)CC. The maximum Gasteiger partial charge on any atom is 0.294 e. The number of aliphatic hydroxyl groups excluding tert-OH is 1. The van der Waals surface area contributed by atoms with E-state index in [0.29, 0.717) is 19.4 Å². The Morgan fingerprint density at radius 3 is 1.86 bits per heavy atom. The van der Waals surface area contributed by atoms with Crippen molar-refractivity contribution in [1.29, 1.82) is 0 Å². The fourth-order valence-corrected chi connectivity index (χ4v) is 4.36. The third-order valence-corrected chi connectivity index (χ3v) is 6.74. The predicted molar refractivity (Wildman–Crippen MR) is 144 cm³/mol. The highest BCUT2D eigenvalue weighted by atomic mass is 32.2. The fourth-order valence-electron chi connectivity index (χ4n) is 3.61. The summed E-state index contributed by atoms with van der Waals surface area (Å²) in [5.41, 5.74) is 0.726. The van der Waals surface area contributed by atoms with Crippen LogP contribution in [0.1, 0.15) is 116 Å². The molecule has 0 heterocycles. The molecule has 0 aromatic heterocycles. The second-order valence-corrected chi connectivity index (χ2v) is 10.5. The highest BCUT2D eigenvalue weighted by Gasteiger charge is 2.13. The molecule has 6 nitrogen and oxygen atoms in total. The van der Waals surface area contributed by atoms with Crippen molar-refractivity contribution in [3.05, 3.63) is 29.8 Å². The highest BCUT2D eigenvalue weighted by molar-refractivity contribution is 7.85. The second-order valence-electron chi connectivity index (χ2n) is 9.07. The first-order valence-corrected chi connectivity index (χ1v) is 15.2. The highest BCUT2D eigenvalue weighted by Crippen LogP contribution is 2.18. The monoisotopic (exact) mass is 516 g/mol. The van der Waals surface area contributed by atoms with Crippen LogP contribution in [0.3, 0.4) is 0 Å². The van der Waals surface area contributed by atoms with Gasteiger partial charge in [-0.2, -0.15) is 8.42 Å². The normalized spacial score (nSPS) is 12.3. The first-order chi connectivity index (χ1) is 16.9. The molecule has 1 atom stereocenters. The molecule has 7 heteroatoms. The second kappa shape index (κ2) is 23.4. The van der Waals surface area contributed by atoms with Gasteiger partial charge in [0.2, 0.25) is 0 Å². The van der Waals surface area contributed by atoms with Gasteiger partial charge in [-0.25, -0.2) is 0 Å². The van der Waals surface area contributed by atoms with E-state index in [1.54, 1.807) is 12.1 Å². The average molecular weight is 517 g/mol. The van der Waals surface area contributed by atoms with Crippen molar-refractivity contribution in [2.45, 2.75) is 128 Å². The Hall–Kier alpha value is -0.990. The molecule has 1 aromatic carbocycles. The smallest absolute Gasteiger partial charge is 0.294 e. The van der Waals surface area contributed by atoms with Gasteiger partial charge >= 0.3 is 0 Å². The summed E-state index contributed by atoms with van der Waals surface area (Å²) in [5.74, 6) is 0. The van der Waals surface area contributed by atoms with Crippen molar-refractivity contribution in [1.82, 2.24) is 0 Å². The van der Waals surface area contributed by atoms with E-state index in [4.69, 9.17) is 14.6 Å². The van der Waals surface area contributed by atoms with Crippen molar-refractivity contribution in [3.63, 3.8) is 0 Å². The van der Waals surface area contributed by atoms with Crippen LogP contribution in [0.15, 0.2) is 29.2 Å². The zero-order chi connectivity index (χ0) is 26.2. The van der Waals surface area contributed by atoms with E-state index >= 15 is 0 Å². The third kappa shape index (κ3) is 20.9. The molecule has 0 aliphatic rings. The topological polar surface area (TPSA) is 93.1 Å². The van der Waals surface area contributed by atoms with Crippen molar-refractivity contribution < 1.29 is 27.6 Å². The molecule has 0 aliphatic heterocycles. The van der Waals surface area contributed by atoms with Gasteiger partial charge in [-0.3, -0.25) is 4.55 Å². The van der Waals surface area contributed by atoms with E-state index in [2.05, 4.69) is 13.8 Å². The van der Waals surface area contributed by atoms with Crippen molar-refractivity contribution in [2.75, 3.05) is 19.8 Å². The van der Waals surface area contributed by atoms with Crippen LogP contribution >= 0.6 is 0 Å². The number of hydrogen-bond donors (Lipinski definition) is 2. The van der Waals surface area contributed by atoms with E-state index in [-0.39, 0.29) is 4.90 Å². The lowest BCUT2D eigenvalue weighted by Crippen LogP contribution is -2.12. The van der Waals surface area contributed by atoms with Crippen LogP contribution in [0.25, 0.3) is 0 Å². The third-order valence-electron chi connectivity index (χ3n) is 5.78. The maximum absolute atomic E-state index is 11.3. The van der Waals surface area contributed by atoms with Gasteiger partial charge in [0.1, 0.15) is 0 Å². The summed E-state index contributed by atoms with van der Waals surface area (Å²) >= 11 is 0. The van der Waals surface area contributed by atoms with E-state index in [0.717, 1.165) is 44.5 Å². The summed E-state index contributed by atoms with van der Waals surface area (Å²) in [7, 11) is -4.10. The molecule has 0 bridgehead atoms. The minimum absolute atomic E-state index is 0.0610. The van der Waals surface area contributed by atoms with E-state index in [9.17, 15) is 13.0 Å². The van der Waals surface area contributed by atoms with E-state index < -0.39 is 16.4 Å². The lowest BCUT2D eigenvalue weighted by Gasteiger charge is -2.09. The first kappa shape index (κ1) is 34.0. The van der Waals surface area contributed by atoms with Gasteiger partial charge in [0, 0.05) is 13.2 Å². The van der Waals surface area contributed by atoms with E-state index in [1.807, 2.05) is 13.0 Å². The lowest BCUT2D eigenvalue weighted by molar-refractivity contribution is -0.104. The minimum atomic E-state index is -4.10. The lowest BCUT2D eigenvalue weighted by atomic mass is 10.0. The van der Waals surface area contributed by atoms with Gasteiger partial charge in [0.15, 0.2) is 6.29 Å². The number of unbranched alkanes of at least 4 members (excludes halogenated alkanes) is 10. The number of aliphatic hydroxyl groups is 1. The molecule has 0 radical (unpaired) electrons. The van der Waals surface area contributed by atoms with Gasteiger partial charge in [-0.15, -0.1) is 0 Å². The maximum atomic E-state index is 11.3. The Kier molecular flexibility index (Phi) is 22.7. The van der Waals surface area contributed by atoms with Crippen molar-refractivity contribution >= 4 is 10.1 Å².